The van der Waals surface area contributed by atoms with Crippen molar-refractivity contribution in [2.45, 2.75) is 26.4 Å². The van der Waals surface area contributed by atoms with Crippen LogP contribution >= 0.6 is 0 Å². The van der Waals surface area contributed by atoms with Crippen molar-refractivity contribution in [1.29, 1.82) is 0 Å². The molecule has 0 bridgehead atoms. The maximum atomic E-state index is 14.4. The average Bonchev–Trinajstić information content (AvgIpc) is 3.95. The number of fused-ring (bicyclic) bond motifs is 1. The normalized spacial score (nSPS) is 17.0. The number of benzene rings is 4. The molecule has 3 aliphatic heterocycles. The number of carbonyl (C=O) groups is 2. The van der Waals surface area contributed by atoms with Crippen molar-refractivity contribution in [2.75, 3.05) is 22.9 Å². The zero-order valence-electron chi connectivity index (χ0n) is 28.1. The second kappa shape index (κ2) is 13.0. The molecule has 2 amide bonds. The molecule has 50 heavy (non-hydrogen) atoms. The molecule has 5 aromatic rings. The highest BCUT2D eigenvalue weighted by molar-refractivity contribution is 6.25. The van der Waals surface area contributed by atoms with Crippen LogP contribution in [0.4, 0.5) is 28.6 Å². The van der Waals surface area contributed by atoms with E-state index >= 15 is 0 Å². The molecule has 0 saturated heterocycles. The Morgan fingerprint density at radius 1 is 0.600 bits per heavy atom. The number of nitrogens with zero attached hydrogens (tertiary/aromatic N) is 4. The third-order valence-corrected chi connectivity index (χ3v) is 9.51. The van der Waals surface area contributed by atoms with Gasteiger partial charge in [0.05, 0.1) is 33.9 Å². The molecule has 1 atom stereocenters. The number of rotatable bonds is 10. The van der Waals surface area contributed by atoms with E-state index in [-0.39, 0.29) is 18.0 Å². The summed E-state index contributed by atoms with van der Waals surface area (Å²) in [4.78, 5) is 40.2. The van der Waals surface area contributed by atoms with Crippen molar-refractivity contribution < 1.29 is 9.59 Å². The van der Waals surface area contributed by atoms with Crippen LogP contribution in [0, 0.1) is 0 Å². The fourth-order valence-electron chi connectivity index (χ4n) is 7.34. The molecule has 0 saturated carbocycles. The van der Waals surface area contributed by atoms with Crippen LogP contribution in [0.25, 0.3) is 5.70 Å². The van der Waals surface area contributed by atoms with E-state index in [0.717, 1.165) is 34.3 Å². The number of para-hydroxylation sites is 4. The average molecular weight is 659 g/mol. The van der Waals surface area contributed by atoms with E-state index < -0.39 is 0 Å². The number of nitrogens with one attached hydrogen (secondary N) is 2. The molecular formula is C42H38N6O2. The predicted molar refractivity (Wildman–Crippen MR) is 199 cm³/mol. The van der Waals surface area contributed by atoms with E-state index in [1.54, 1.807) is 9.80 Å². The van der Waals surface area contributed by atoms with Gasteiger partial charge in [0, 0.05) is 42.3 Å². The molecule has 0 fully saturated rings. The lowest BCUT2D eigenvalue weighted by molar-refractivity contribution is -0.124. The summed E-state index contributed by atoms with van der Waals surface area (Å²) in [5, 5.41) is 3.72. The Morgan fingerprint density at radius 2 is 1.06 bits per heavy atom. The Labute approximate surface area is 292 Å². The molecule has 0 radical (unpaired) electrons. The number of amides is 2. The van der Waals surface area contributed by atoms with Gasteiger partial charge in [0.2, 0.25) is 0 Å². The second-order valence-electron chi connectivity index (χ2n) is 12.4. The summed E-state index contributed by atoms with van der Waals surface area (Å²) in [5.74, 6) is 0.504. The molecule has 8 heteroatoms. The van der Waals surface area contributed by atoms with Crippen LogP contribution in [-0.2, 0) is 9.59 Å². The summed E-state index contributed by atoms with van der Waals surface area (Å²) >= 11 is 0. The van der Waals surface area contributed by atoms with Crippen LogP contribution in [0.1, 0.15) is 26.0 Å². The van der Waals surface area contributed by atoms with Crippen LogP contribution in [0.5, 0.6) is 0 Å². The first-order valence-electron chi connectivity index (χ1n) is 17.2. The predicted octanol–water partition coefficient (Wildman–Crippen LogP) is 8.22. The van der Waals surface area contributed by atoms with Crippen molar-refractivity contribution in [3.63, 3.8) is 0 Å². The first kappa shape index (κ1) is 31.0. The molecule has 8 rings (SSSR count). The van der Waals surface area contributed by atoms with Gasteiger partial charge in [0.1, 0.15) is 12.0 Å². The quantitative estimate of drug-likeness (QED) is 0.158. The Morgan fingerprint density at radius 3 is 1.56 bits per heavy atom. The fraction of sp³-hybridized carbons (Fsp3) is 0.143. The topological polar surface area (TPSA) is 74.9 Å². The standard InChI is InChI=1S/C42H38N6O2/c1-3-45-39(33-25-27-35(43-33)47(29-17-9-5-10-18-29)30-19-11-6-12-20-30)37-38(41(45)49)40(46(4-2)42(37)50)34-26-28-36(44-34)48(31-21-13-7-14-22-31)32-23-15-8-16-24-32/h5-27,36,43-44H,3-4,28H2,1-2H3. The third-order valence-electron chi connectivity index (χ3n) is 9.51. The Kier molecular flexibility index (Phi) is 8.04. The van der Waals surface area contributed by atoms with E-state index in [2.05, 4.69) is 74.7 Å². The lowest BCUT2D eigenvalue weighted by atomic mass is 10.1. The maximum absolute atomic E-state index is 14.4. The smallest absolute Gasteiger partial charge is 0.261 e. The Bertz CT molecular complexity index is 2060. The molecule has 3 aliphatic rings. The second-order valence-corrected chi connectivity index (χ2v) is 12.4. The van der Waals surface area contributed by atoms with Crippen LogP contribution in [-0.4, -0.2) is 45.9 Å². The van der Waals surface area contributed by atoms with E-state index in [4.69, 9.17) is 0 Å². The van der Waals surface area contributed by atoms with Crippen LogP contribution < -0.4 is 15.1 Å². The number of carbonyl (C=O) groups excluding carboxylic acids is 2. The van der Waals surface area contributed by atoms with E-state index in [0.29, 0.717) is 47.7 Å². The molecule has 2 N–H and O–H groups in total. The Hall–Kier alpha value is -6.28. The molecule has 0 aliphatic carbocycles. The van der Waals surface area contributed by atoms with Gasteiger partial charge in [-0.05, 0) is 74.5 Å². The molecule has 1 unspecified atom stereocenters. The summed E-state index contributed by atoms with van der Waals surface area (Å²) in [6, 6.07) is 44.8. The van der Waals surface area contributed by atoms with Gasteiger partial charge in [-0.15, -0.1) is 0 Å². The summed E-state index contributed by atoms with van der Waals surface area (Å²) in [6.07, 6.45) is 2.70. The van der Waals surface area contributed by atoms with Gasteiger partial charge >= 0.3 is 0 Å². The summed E-state index contributed by atoms with van der Waals surface area (Å²) in [7, 11) is 0. The monoisotopic (exact) mass is 658 g/mol. The number of likely N-dealkylation sites (N-methyl/N-ethyl adjacent to an activating group) is 2. The SMILES string of the molecule is CCN1C(=O)C2=C(c3ccc(N(c4ccccc4)c4ccccc4)[nH]3)N(CC)C(=O)C2=C1C1=CCC(N(c2ccccc2)c2ccccc2)N1. The van der Waals surface area contributed by atoms with E-state index in [1.807, 2.05) is 98.8 Å². The number of aromatic amines is 1. The van der Waals surface area contributed by atoms with Gasteiger partial charge < -0.3 is 25.0 Å². The minimum Gasteiger partial charge on any atom is -0.363 e. The van der Waals surface area contributed by atoms with Gasteiger partial charge in [-0.2, -0.15) is 0 Å². The van der Waals surface area contributed by atoms with Crippen molar-refractivity contribution in [3.8, 4) is 0 Å². The number of aromatic nitrogens is 1. The summed E-state index contributed by atoms with van der Waals surface area (Å²) in [6.45, 7) is 4.77. The van der Waals surface area contributed by atoms with Crippen LogP contribution in [0.3, 0.4) is 0 Å². The Balaban J connectivity index is 1.20. The highest BCUT2D eigenvalue weighted by Crippen LogP contribution is 2.46. The van der Waals surface area contributed by atoms with E-state index in [9.17, 15) is 9.59 Å². The number of anilines is 5. The van der Waals surface area contributed by atoms with Crippen molar-refractivity contribution in [2.24, 2.45) is 0 Å². The lowest BCUT2D eigenvalue weighted by Gasteiger charge is -2.33. The number of hydrogen-bond acceptors (Lipinski definition) is 5. The minimum absolute atomic E-state index is 0.115. The zero-order chi connectivity index (χ0) is 34.2. The number of hydrogen-bond donors (Lipinski definition) is 2. The molecule has 4 aromatic carbocycles. The van der Waals surface area contributed by atoms with Crippen molar-refractivity contribution >= 4 is 46.1 Å². The minimum atomic E-state index is -0.162. The zero-order valence-corrected chi connectivity index (χ0v) is 28.1. The first-order valence-corrected chi connectivity index (χ1v) is 17.2. The van der Waals surface area contributed by atoms with Gasteiger partial charge in [0.25, 0.3) is 11.8 Å². The largest absolute Gasteiger partial charge is 0.363 e. The number of H-pyrrole nitrogens is 1. The molecule has 1 aromatic heterocycles. The van der Waals surface area contributed by atoms with Gasteiger partial charge in [-0.3, -0.25) is 14.5 Å². The van der Waals surface area contributed by atoms with E-state index in [1.165, 1.54) is 0 Å². The maximum Gasteiger partial charge on any atom is 0.261 e. The van der Waals surface area contributed by atoms with Crippen LogP contribution in [0.2, 0.25) is 0 Å². The molecule has 8 nitrogen and oxygen atoms in total. The van der Waals surface area contributed by atoms with Gasteiger partial charge in [-0.1, -0.05) is 78.9 Å². The van der Waals surface area contributed by atoms with Crippen LogP contribution in [0.15, 0.2) is 162 Å². The summed E-state index contributed by atoms with van der Waals surface area (Å²) in [5.41, 5.74) is 7.77. The van der Waals surface area contributed by atoms with Crippen molar-refractivity contribution in [1.82, 2.24) is 20.1 Å². The highest BCUT2D eigenvalue weighted by Gasteiger charge is 2.49. The lowest BCUT2D eigenvalue weighted by Crippen LogP contribution is -2.41. The molecule has 4 heterocycles. The van der Waals surface area contributed by atoms with Crippen molar-refractivity contribution in [3.05, 3.63) is 168 Å². The molecular weight excluding hydrogens is 621 g/mol. The van der Waals surface area contributed by atoms with Gasteiger partial charge in [-0.25, -0.2) is 0 Å². The first-order chi connectivity index (χ1) is 24.6. The third kappa shape index (κ3) is 5.17. The fourth-order valence-corrected chi connectivity index (χ4v) is 7.34. The molecule has 0 spiro atoms. The summed E-state index contributed by atoms with van der Waals surface area (Å²) < 4.78 is 0. The highest BCUT2D eigenvalue weighted by atomic mass is 16.2. The van der Waals surface area contributed by atoms with Gasteiger partial charge in [0.15, 0.2) is 0 Å². The molecule has 248 valence electrons.